The molecule has 0 aliphatic carbocycles. The maximum atomic E-state index is 12.3. The molecule has 1 fully saturated rings. The highest BCUT2D eigenvalue weighted by molar-refractivity contribution is 8.00. The summed E-state index contributed by atoms with van der Waals surface area (Å²) in [6, 6.07) is 14.3. The summed E-state index contributed by atoms with van der Waals surface area (Å²) in [5, 5.41) is 14.6. The SMILES string of the molecule is O=C1NCCCCC1Sc1nnc(Cc2cccs2)n1-c1ccccc1. The van der Waals surface area contributed by atoms with Crippen molar-refractivity contribution < 1.29 is 4.79 Å². The predicted octanol–water partition coefficient (Wildman–Crippen LogP) is 3.68. The zero-order valence-corrected chi connectivity index (χ0v) is 15.9. The molecule has 4 rings (SSSR count). The van der Waals surface area contributed by atoms with Crippen LogP contribution >= 0.6 is 23.1 Å². The Hall–Kier alpha value is -2.12. The van der Waals surface area contributed by atoms with Crippen molar-refractivity contribution in [2.75, 3.05) is 6.54 Å². The number of thiophene rings is 1. The van der Waals surface area contributed by atoms with Gasteiger partial charge in [0.1, 0.15) is 5.82 Å². The van der Waals surface area contributed by atoms with Crippen molar-refractivity contribution in [2.24, 2.45) is 0 Å². The van der Waals surface area contributed by atoms with Gasteiger partial charge in [-0.05, 0) is 36.4 Å². The summed E-state index contributed by atoms with van der Waals surface area (Å²) in [6.07, 6.45) is 3.70. The molecule has 1 aliphatic rings. The molecule has 1 unspecified atom stereocenters. The summed E-state index contributed by atoms with van der Waals surface area (Å²) in [5.74, 6) is 1.00. The average molecular weight is 385 g/mol. The second-order valence-electron chi connectivity index (χ2n) is 6.22. The van der Waals surface area contributed by atoms with Gasteiger partial charge < -0.3 is 5.32 Å². The third-order valence-corrected chi connectivity index (χ3v) is 6.45. The van der Waals surface area contributed by atoms with Gasteiger partial charge in [-0.3, -0.25) is 9.36 Å². The lowest BCUT2D eigenvalue weighted by Crippen LogP contribution is -2.30. The number of carbonyl (C=O) groups excluding carboxylic acids is 1. The minimum absolute atomic E-state index is 0.106. The number of hydrogen-bond donors (Lipinski definition) is 1. The number of benzene rings is 1. The molecule has 1 saturated heterocycles. The number of rotatable bonds is 5. The van der Waals surface area contributed by atoms with Gasteiger partial charge in [-0.25, -0.2) is 0 Å². The summed E-state index contributed by atoms with van der Waals surface area (Å²) < 4.78 is 2.09. The standard InChI is InChI=1S/C19H20N4OS2/c24-18-16(10-4-5-11-20-18)26-19-22-21-17(13-15-9-6-12-25-15)23(19)14-7-2-1-3-8-14/h1-3,6-9,12,16H,4-5,10-11,13H2,(H,20,24). The third-order valence-electron chi connectivity index (χ3n) is 4.36. The predicted molar refractivity (Wildman–Crippen MR) is 105 cm³/mol. The second kappa shape index (κ2) is 8.05. The van der Waals surface area contributed by atoms with E-state index in [4.69, 9.17) is 0 Å². The van der Waals surface area contributed by atoms with E-state index in [0.29, 0.717) is 0 Å². The van der Waals surface area contributed by atoms with Crippen LogP contribution in [-0.4, -0.2) is 32.5 Å². The van der Waals surface area contributed by atoms with E-state index in [0.717, 1.165) is 48.9 Å². The lowest BCUT2D eigenvalue weighted by molar-refractivity contribution is -0.120. The maximum absolute atomic E-state index is 12.3. The Labute approximate surface area is 160 Å². The van der Waals surface area contributed by atoms with Gasteiger partial charge >= 0.3 is 0 Å². The van der Waals surface area contributed by atoms with Crippen LogP contribution in [0.1, 0.15) is 30.0 Å². The molecule has 26 heavy (non-hydrogen) atoms. The van der Waals surface area contributed by atoms with Crippen LogP contribution in [0.25, 0.3) is 5.69 Å². The van der Waals surface area contributed by atoms with Crippen LogP contribution < -0.4 is 5.32 Å². The second-order valence-corrected chi connectivity index (χ2v) is 8.42. The maximum Gasteiger partial charge on any atom is 0.233 e. The fraction of sp³-hybridized carbons (Fsp3) is 0.316. The molecule has 5 nitrogen and oxygen atoms in total. The zero-order valence-electron chi connectivity index (χ0n) is 14.3. The van der Waals surface area contributed by atoms with E-state index in [1.54, 1.807) is 11.3 Å². The van der Waals surface area contributed by atoms with Gasteiger partial charge in [0, 0.05) is 23.5 Å². The highest BCUT2D eigenvalue weighted by Gasteiger charge is 2.25. The topological polar surface area (TPSA) is 59.8 Å². The molecule has 0 spiro atoms. The van der Waals surface area contributed by atoms with E-state index in [-0.39, 0.29) is 11.2 Å². The van der Waals surface area contributed by atoms with E-state index in [2.05, 4.69) is 49.7 Å². The fourth-order valence-corrected chi connectivity index (χ4v) is 4.88. The monoisotopic (exact) mass is 384 g/mol. The molecule has 1 atom stereocenters. The fourth-order valence-electron chi connectivity index (χ4n) is 3.05. The van der Waals surface area contributed by atoms with E-state index in [1.807, 2.05) is 18.2 Å². The van der Waals surface area contributed by atoms with Gasteiger partial charge in [-0.2, -0.15) is 0 Å². The summed E-state index contributed by atoms with van der Waals surface area (Å²) in [7, 11) is 0. The first kappa shape index (κ1) is 17.3. The number of para-hydroxylation sites is 1. The van der Waals surface area contributed by atoms with Gasteiger partial charge in [0.2, 0.25) is 5.91 Å². The number of thioether (sulfide) groups is 1. The van der Waals surface area contributed by atoms with Crippen LogP contribution in [0.15, 0.2) is 53.0 Å². The number of hydrogen-bond acceptors (Lipinski definition) is 5. The quantitative estimate of drug-likeness (QED) is 0.729. The summed E-state index contributed by atoms with van der Waals surface area (Å²) in [4.78, 5) is 13.6. The van der Waals surface area contributed by atoms with Crippen LogP contribution in [0, 0.1) is 0 Å². The Morgan fingerprint density at radius 1 is 1.15 bits per heavy atom. The number of nitrogens with one attached hydrogen (secondary N) is 1. The van der Waals surface area contributed by atoms with Gasteiger partial charge in [-0.1, -0.05) is 42.4 Å². The number of aromatic nitrogens is 3. The van der Waals surface area contributed by atoms with Crippen molar-refractivity contribution in [2.45, 2.75) is 36.1 Å². The van der Waals surface area contributed by atoms with Crippen LogP contribution in [0.2, 0.25) is 0 Å². The van der Waals surface area contributed by atoms with E-state index >= 15 is 0 Å². The first-order chi connectivity index (χ1) is 12.8. The Bertz CT molecular complexity index is 861. The lowest BCUT2D eigenvalue weighted by Gasteiger charge is -2.14. The van der Waals surface area contributed by atoms with Gasteiger partial charge in [0.05, 0.1) is 5.25 Å². The molecule has 3 heterocycles. The average Bonchev–Trinajstić information content (AvgIpc) is 3.26. The van der Waals surface area contributed by atoms with E-state index in [9.17, 15) is 4.79 Å². The lowest BCUT2D eigenvalue weighted by atomic mass is 10.2. The smallest absolute Gasteiger partial charge is 0.233 e. The number of carbonyl (C=O) groups is 1. The minimum atomic E-state index is -0.112. The van der Waals surface area contributed by atoms with Crippen molar-refractivity contribution in [1.29, 1.82) is 0 Å². The Balaban J connectivity index is 1.67. The van der Waals surface area contributed by atoms with Crippen LogP contribution in [0.5, 0.6) is 0 Å². The number of nitrogens with zero attached hydrogens (tertiary/aromatic N) is 3. The number of amides is 1. The largest absolute Gasteiger partial charge is 0.355 e. The van der Waals surface area contributed by atoms with Crippen molar-refractivity contribution >= 4 is 29.0 Å². The van der Waals surface area contributed by atoms with Crippen LogP contribution in [0.3, 0.4) is 0 Å². The molecule has 1 N–H and O–H groups in total. The van der Waals surface area contributed by atoms with Gasteiger partial charge in [-0.15, -0.1) is 21.5 Å². The first-order valence-electron chi connectivity index (χ1n) is 8.78. The highest BCUT2D eigenvalue weighted by atomic mass is 32.2. The molecule has 0 bridgehead atoms. The summed E-state index contributed by atoms with van der Waals surface area (Å²) >= 11 is 3.24. The van der Waals surface area contributed by atoms with Crippen LogP contribution in [0.4, 0.5) is 0 Å². The third kappa shape index (κ3) is 3.83. The van der Waals surface area contributed by atoms with Gasteiger partial charge in [0.15, 0.2) is 5.16 Å². The molecule has 2 aromatic heterocycles. The molecule has 0 radical (unpaired) electrons. The molecule has 3 aromatic rings. The molecule has 134 valence electrons. The summed E-state index contributed by atoms with van der Waals surface area (Å²) in [5.41, 5.74) is 1.03. The van der Waals surface area contributed by atoms with E-state index < -0.39 is 0 Å². The normalized spacial score (nSPS) is 17.7. The molecule has 7 heteroatoms. The first-order valence-corrected chi connectivity index (χ1v) is 10.5. The molecular weight excluding hydrogens is 364 g/mol. The Kier molecular flexibility index (Phi) is 5.36. The summed E-state index contributed by atoms with van der Waals surface area (Å²) in [6.45, 7) is 0.769. The molecule has 0 saturated carbocycles. The zero-order chi connectivity index (χ0) is 17.8. The highest BCUT2D eigenvalue weighted by Crippen LogP contribution is 2.30. The van der Waals surface area contributed by atoms with Crippen molar-refractivity contribution in [3.05, 3.63) is 58.5 Å². The molecule has 1 aliphatic heterocycles. The van der Waals surface area contributed by atoms with Crippen molar-refractivity contribution in [1.82, 2.24) is 20.1 Å². The molecule has 1 amide bonds. The van der Waals surface area contributed by atoms with Crippen molar-refractivity contribution in [3.63, 3.8) is 0 Å². The van der Waals surface area contributed by atoms with E-state index in [1.165, 1.54) is 16.6 Å². The van der Waals surface area contributed by atoms with Crippen molar-refractivity contribution in [3.8, 4) is 5.69 Å². The Morgan fingerprint density at radius 3 is 2.85 bits per heavy atom. The molecule has 1 aromatic carbocycles. The van der Waals surface area contributed by atoms with Crippen LogP contribution in [-0.2, 0) is 11.2 Å². The molecular formula is C19H20N4OS2. The minimum Gasteiger partial charge on any atom is -0.355 e. The Morgan fingerprint density at radius 2 is 2.04 bits per heavy atom. The van der Waals surface area contributed by atoms with Gasteiger partial charge in [0.25, 0.3) is 0 Å².